The minimum absolute atomic E-state index is 0.488. The highest BCUT2D eigenvalue weighted by Gasteiger charge is 2.14. The Morgan fingerprint density at radius 1 is 1.12 bits per heavy atom. The minimum Gasteiger partial charge on any atom is -0.493 e. The van der Waals surface area contributed by atoms with Crippen molar-refractivity contribution in [3.63, 3.8) is 0 Å². The van der Waals surface area contributed by atoms with Gasteiger partial charge in [0.25, 0.3) is 0 Å². The van der Waals surface area contributed by atoms with E-state index >= 15 is 0 Å². The Hall–Kier alpha value is -1.42. The van der Waals surface area contributed by atoms with E-state index in [1.807, 2.05) is 18.2 Å². The summed E-state index contributed by atoms with van der Waals surface area (Å²) in [6, 6.07) is 6.38. The van der Waals surface area contributed by atoms with E-state index in [1.54, 1.807) is 14.2 Å². The van der Waals surface area contributed by atoms with Crippen LogP contribution in [0.25, 0.3) is 0 Å². The van der Waals surface area contributed by atoms with Crippen LogP contribution in [0.2, 0.25) is 0 Å². The molecule has 94 valence electrons. The quantitative estimate of drug-likeness (QED) is 0.872. The molecule has 1 aliphatic rings. The monoisotopic (exact) mass is 237 g/mol. The number of hydrogen-bond acceptors (Lipinski definition) is 4. The number of hydrogen-bond donors (Lipinski definition) is 1. The van der Waals surface area contributed by atoms with E-state index in [2.05, 4.69) is 5.32 Å². The summed E-state index contributed by atoms with van der Waals surface area (Å²) in [4.78, 5) is 0. The smallest absolute Gasteiger partial charge is 0.162 e. The van der Waals surface area contributed by atoms with Gasteiger partial charge in [0.15, 0.2) is 11.5 Å². The van der Waals surface area contributed by atoms with Gasteiger partial charge < -0.3 is 19.5 Å². The van der Waals surface area contributed by atoms with Crippen molar-refractivity contribution in [1.29, 1.82) is 0 Å². The molecule has 1 aromatic rings. The second-order valence-corrected chi connectivity index (χ2v) is 4.10. The van der Waals surface area contributed by atoms with Gasteiger partial charge >= 0.3 is 0 Å². The Morgan fingerprint density at radius 3 is 2.47 bits per heavy atom. The van der Waals surface area contributed by atoms with Gasteiger partial charge in [-0.2, -0.15) is 0 Å². The number of ether oxygens (including phenoxy) is 3. The molecule has 1 fully saturated rings. The predicted octanol–water partition coefficient (Wildman–Crippen LogP) is 2.29. The van der Waals surface area contributed by atoms with E-state index in [-0.39, 0.29) is 0 Å². The summed E-state index contributed by atoms with van der Waals surface area (Å²) in [6.07, 6.45) is 2.10. The maximum absolute atomic E-state index is 5.33. The number of nitrogens with one attached hydrogen (secondary N) is 1. The lowest BCUT2D eigenvalue weighted by molar-refractivity contribution is 0.0904. The molecule has 1 N–H and O–H groups in total. The van der Waals surface area contributed by atoms with Gasteiger partial charge in [0.05, 0.1) is 14.2 Å². The first kappa shape index (κ1) is 12.0. The zero-order chi connectivity index (χ0) is 12.1. The fourth-order valence-corrected chi connectivity index (χ4v) is 2.00. The molecule has 0 aliphatic carbocycles. The summed E-state index contributed by atoms with van der Waals surface area (Å²) < 4.78 is 15.8. The van der Waals surface area contributed by atoms with Crippen LogP contribution in [0.15, 0.2) is 18.2 Å². The van der Waals surface area contributed by atoms with Crippen LogP contribution >= 0.6 is 0 Å². The summed E-state index contributed by atoms with van der Waals surface area (Å²) >= 11 is 0. The third kappa shape index (κ3) is 3.03. The average molecular weight is 237 g/mol. The lowest BCUT2D eigenvalue weighted by Gasteiger charge is -2.24. The van der Waals surface area contributed by atoms with Gasteiger partial charge in [0.1, 0.15) is 0 Å². The Morgan fingerprint density at radius 2 is 1.82 bits per heavy atom. The summed E-state index contributed by atoms with van der Waals surface area (Å²) in [5.41, 5.74) is 1.06. The molecule has 0 radical (unpaired) electrons. The van der Waals surface area contributed by atoms with E-state index in [1.165, 1.54) is 0 Å². The van der Waals surface area contributed by atoms with E-state index < -0.39 is 0 Å². The number of anilines is 1. The second-order valence-electron chi connectivity index (χ2n) is 4.10. The standard InChI is InChI=1S/C13H19NO3/c1-15-12-4-3-11(9-13(12)16-2)14-10-5-7-17-8-6-10/h3-4,9-10,14H,5-8H2,1-2H3. The van der Waals surface area contributed by atoms with Crippen LogP contribution < -0.4 is 14.8 Å². The molecule has 0 atom stereocenters. The third-order valence-electron chi connectivity index (χ3n) is 2.98. The number of benzene rings is 1. The highest BCUT2D eigenvalue weighted by atomic mass is 16.5. The Bertz CT molecular complexity index is 362. The zero-order valence-electron chi connectivity index (χ0n) is 10.4. The molecule has 1 aromatic carbocycles. The normalized spacial score (nSPS) is 16.6. The van der Waals surface area contributed by atoms with E-state index in [9.17, 15) is 0 Å². The Labute approximate surface area is 102 Å². The van der Waals surface area contributed by atoms with Gasteiger partial charge in [-0.15, -0.1) is 0 Å². The van der Waals surface area contributed by atoms with Gasteiger partial charge in [0, 0.05) is 31.0 Å². The SMILES string of the molecule is COc1ccc(NC2CCOCC2)cc1OC. The predicted molar refractivity (Wildman–Crippen MR) is 67.0 cm³/mol. The van der Waals surface area contributed by atoms with Crippen molar-refractivity contribution in [3.05, 3.63) is 18.2 Å². The van der Waals surface area contributed by atoms with Crippen LogP contribution in [0, 0.1) is 0 Å². The van der Waals surface area contributed by atoms with Crippen LogP contribution in [-0.4, -0.2) is 33.5 Å². The molecule has 0 unspecified atom stereocenters. The summed E-state index contributed by atoms with van der Waals surface area (Å²) in [7, 11) is 3.29. The lowest BCUT2D eigenvalue weighted by atomic mass is 10.1. The van der Waals surface area contributed by atoms with Gasteiger partial charge in [-0.3, -0.25) is 0 Å². The minimum atomic E-state index is 0.488. The molecule has 4 nitrogen and oxygen atoms in total. The van der Waals surface area contributed by atoms with Crippen LogP contribution in [-0.2, 0) is 4.74 Å². The van der Waals surface area contributed by atoms with Crippen molar-refractivity contribution in [2.75, 3.05) is 32.8 Å². The summed E-state index contributed by atoms with van der Waals surface area (Å²) in [6.45, 7) is 1.68. The largest absolute Gasteiger partial charge is 0.493 e. The molecule has 0 bridgehead atoms. The van der Waals surface area contributed by atoms with Crippen molar-refractivity contribution in [1.82, 2.24) is 0 Å². The molecule has 4 heteroatoms. The first-order valence-corrected chi connectivity index (χ1v) is 5.90. The summed E-state index contributed by atoms with van der Waals surface area (Å²) in [5.74, 6) is 1.51. The number of methoxy groups -OCH3 is 2. The topological polar surface area (TPSA) is 39.7 Å². The third-order valence-corrected chi connectivity index (χ3v) is 2.98. The van der Waals surface area contributed by atoms with Crippen molar-refractivity contribution >= 4 is 5.69 Å². The van der Waals surface area contributed by atoms with Crippen LogP contribution in [0.3, 0.4) is 0 Å². The fraction of sp³-hybridized carbons (Fsp3) is 0.538. The molecule has 0 saturated carbocycles. The van der Waals surface area contributed by atoms with Crippen molar-refractivity contribution in [3.8, 4) is 11.5 Å². The van der Waals surface area contributed by atoms with E-state index in [0.29, 0.717) is 6.04 Å². The molecule has 17 heavy (non-hydrogen) atoms. The Kier molecular flexibility index (Phi) is 4.09. The molecular weight excluding hydrogens is 218 g/mol. The van der Waals surface area contributed by atoms with Gasteiger partial charge in [0.2, 0.25) is 0 Å². The first-order valence-electron chi connectivity index (χ1n) is 5.90. The molecule has 0 aromatic heterocycles. The van der Waals surface area contributed by atoms with Crippen molar-refractivity contribution < 1.29 is 14.2 Å². The maximum atomic E-state index is 5.33. The second kappa shape index (κ2) is 5.77. The Balaban J connectivity index is 2.05. The molecule has 1 saturated heterocycles. The fourth-order valence-electron chi connectivity index (χ4n) is 2.00. The molecular formula is C13H19NO3. The molecule has 2 rings (SSSR count). The van der Waals surface area contributed by atoms with Crippen molar-refractivity contribution in [2.45, 2.75) is 18.9 Å². The van der Waals surface area contributed by atoms with Crippen LogP contribution in [0.4, 0.5) is 5.69 Å². The molecule has 1 aliphatic heterocycles. The molecule has 1 heterocycles. The molecule has 0 amide bonds. The zero-order valence-corrected chi connectivity index (χ0v) is 10.4. The number of rotatable bonds is 4. The van der Waals surface area contributed by atoms with Gasteiger partial charge in [-0.1, -0.05) is 0 Å². The summed E-state index contributed by atoms with van der Waals surface area (Å²) in [5, 5.41) is 3.49. The van der Waals surface area contributed by atoms with Crippen molar-refractivity contribution in [2.24, 2.45) is 0 Å². The van der Waals surface area contributed by atoms with Gasteiger partial charge in [-0.25, -0.2) is 0 Å². The highest BCUT2D eigenvalue weighted by molar-refractivity contribution is 5.55. The van der Waals surface area contributed by atoms with Crippen LogP contribution in [0.1, 0.15) is 12.8 Å². The first-order chi connectivity index (χ1) is 8.33. The lowest BCUT2D eigenvalue weighted by Crippen LogP contribution is -2.27. The van der Waals surface area contributed by atoms with E-state index in [0.717, 1.165) is 43.2 Å². The van der Waals surface area contributed by atoms with Crippen LogP contribution in [0.5, 0.6) is 11.5 Å². The molecule has 0 spiro atoms. The maximum Gasteiger partial charge on any atom is 0.162 e. The van der Waals surface area contributed by atoms with E-state index in [4.69, 9.17) is 14.2 Å². The highest BCUT2D eigenvalue weighted by Crippen LogP contribution is 2.30. The average Bonchev–Trinajstić information content (AvgIpc) is 2.40. The van der Waals surface area contributed by atoms with Gasteiger partial charge in [-0.05, 0) is 25.0 Å².